The Balaban J connectivity index is 1.56. The van der Waals surface area contributed by atoms with E-state index in [1.165, 1.54) is 36.8 Å². The average molecular weight is 244 g/mol. The molecular weight excluding hydrogens is 224 g/mol. The highest BCUT2D eigenvalue weighted by Gasteiger charge is 2.54. The summed E-state index contributed by atoms with van der Waals surface area (Å²) in [5.41, 5.74) is 3.67. The summed E-state index contributed by atoms with van der Waals surface area (Å²) >= 11 is 0. The highest BCUT2D eigenvalue weighted by atomic mass is 16.5. The van der Waals surface area contributed by atoms with E-state index in [1.54, 1.807) is 0 Å². The van der Waals surface area contributed by atoms with Crippen LogP contribution in [0.15, 0.2) is 18.2 Å². The molecular formula is C16H20O2. The van der Waals surface area contributed by atoms with Gasteiger partial charge >= 0.3 is 0 Å². The molecule has 96 valence electrons. The van der Waals surface area contributed by atoms with Crippen LogP contribution in [-0.4, -0.2) is 5.11 Å². The molecule has 2 nitrogen and oxygen atoms in total. The molecule has 1 heterocycles. The van der Waals surface area contributed by atoms with Crippen molar-refractivity contribution in [2.45, 2.75) is 45.0 Å². The lowest BCUT2D eigenvalue weighted by Gasteiger charge is -2.12. The zero-order valence-corrected chi connectivity index (χ0v) is 10.6. The fourth-order valence-electron chi connectivity index (χ4n) is 4.11. The summed E-state index contributed by atoms with van der Waals surface area (Å²) < 4.78 is 5.44. The molecule has 3 atom stereocenters. The lowest BCUT2D eigenvalue weighted by molar-refractivity contribution is 0.134. The van der Waals surface area contributed by atoms with Gasteiger partial charge in [-0.3, -0.25) is 0 Å². The third-order valence-corrected chi connectivity index (χ3v) is 5.17. The van der Waals surface area contributed by atoms with Crippen LogP contribution in [0.2, 0.25) is 0 Å². The van der Waals surface area contributed by atoms with Gasteiger partial charge in [0, 0.05) is 0 Å². The molecule has 2 heteroatoms. The van der Waals surface area contributed by atoms with Crippen LogP contribution in [0.5, 0.6) is 0 Å². The lowest BCUT2D eigenvalue weighted by atomic mass is 9.99. The van der Waals surface area contributed by atoms with E-state index in [4.69, 9.17) is 4.74 Å². The summed E-state index contributed by atoms with van der Waals surface area (Å²) in [6, 6.07) is 6.40. The summed E-state index contributed by atoms with van der Waals surface area (Å²) in [5.74, 6) is 2.14. The van der Waals surface area contributed by atoms with E-state index < -0.39 is 0 Å². The molecule has 0 amide bonds. The molecule has 0 aromatic heterocycles. The van der Waals surface area contributed by atoms with Gasteiger partial charge in [0.25, 0.3) is 0 Å². The van der Waals surface area contributed by atoms with Gasteiger partial charge in [0.05, 0.1) is 19.3 Å². The Morgan fingerprint density at radius 3 is 2.56 bits per heavy atom. The van der Waals surface area contributed by atoms with E-state index in [0.29, 0.717) is 12.5 Å². The molecule has 3 unspecified atom stereocenters. The van der Waals surface area contributed by atoms with Gasteiger partial charge in [-0.05, 0) is 47.3 Å². The molecule has 3 aliphatic rings. The van der Waals surface area contributed by atoms with Crippen molar-refractivity contribution < 1.29 is 9.84 Å². The number of fused-ring (bicyclic) bond motifs is 2. The monoisotopic (exact) mass is 244 g/mol. The first-order valence-electron chi connectivity index (χ1n) is 7.22. The van der Waals surface area contributed by atoms with Crippen molar-refractivity contribution >= 4 is 0 Å². The Bertz CT molecular complexity index is 456. The summed E-state index contributed by atoms with van der Waals surface area (Å²) in [6.45, 7) is 1.45. The van der Waals surface area contributed by atoms with Crippen LogP contribution in [-0.2, 0) is 18.0 Å². The van der Waals surface area contributed by atoms with E-state index in [2.05, 4.69) is 18.2 Å². The maximum Gasteiger partial charge on any atom is 0.0823 e. The van der Waals surface area contributed by atoms with Gasteiger partial charge in [0.15, 0.2) is 0 Å². The molecule has 0 spiro atoms. The topological polar surface area (TPSA) is 29.5 Å². The highest BCUT2D eigenvalue weighted by Crippen LogP contribution is 2.60. The number of rotatable bonds is 2. The minimum Gasteiger partial charge on any atom is -0.388 e. The second-order valence-corrected chi connectivity index (χ2v) is 6.16. The lowest BCUT2D eigenvalue weighted by Crippen LogP contribution is -2.03. The second-order valence-electron chi connectivity index (χ2n) is 6.16. The van der Waals surface area contributed by atoms with Crippen LogP contribution in [0.3, 0.4) is 0 Å². The zero-order valence-electron chi connectivity index (χ0n) is 10.6. The Kier molecular flexibility index (Phi) is 2.49. The summed E-state index contributed by atoms with van der Waals surface area (Å²) in [6.07, 6.45) is 5.15. The second kappa shape index (κ2) is 4.07. The molecule has 1 aromatic carbocycles. The Morgan fingerprint density at radius 2 is 1.78 bits per heavy atom. The normalized spacial score (nSPS) is 34.8. The van der Waals surface area contributed by atoms with Crippen LogP contribution in [0.25, 0.3) is 0 Å². The van der Waals surface area contributed by atoms with Crippen molar-refractivity contribution in [3.05, 3.63) is 34.9 Å². The van der Waals surface area contributed by atoms with Gasteiger partial charge in [0.2, 0.25) is 0 Å². The van der Waals surface area contributed by atoms with E-state index in [0.717, 1.165) is 24.0 Å². The van der Waals surface area contributed by atoms with Crippen LogP contribution in [0, 0.1) is 17.8 Å². The standard InChI is InChI=1S/C16H20O2/c17-16(15-13-3-1-2-4-14(13)15)10-5-6-11-8-18-9-12(11)7-10/h5-7,13-17H,1-4,8-9H2. The first-order valence-corrected chi connectivity index (χ1v) is 7.22. The van der Waals surface area contributed by atoms with Crippen molar-refractivity contribution in [3.63, 3.8) is 0 Å². The molecule has 0 radical (unpaired) electrons. The molecule has 2 saturated carbocycles. The maximum atomic E-state index is 10.6. The third kappa shape index (κ3) is 1.63. The largest absolute Gasteiger partial charge is 0.388 e. The first kappa shape index (κ1) is 11.0. The molecule has 1 aromatic rings. The van der Waals surface area contributed by atoms with Crippen molar-refractivity contribution in [3.8, 4) is 0 Å². The number of hydrogen-bond donors (Lipinski definition) is 1. The molecule has 0 bridgehead atoms. The Hall–Kier alpha value is -0.860. The Morgan fingerprint density at radius 1 is 1.06 bits per heavy atom. The molecule has 0 saturated heterocycles. The zero-order chi connectivity index (χ0) is 12.1. The van der Waals surface area contributed by atoms with E-state index >= 15 is 0 Å². The molecule has 1 aliphatic heterocycles. The predicted molar refractivity (Wildman–Crippen MR) is 68.8 cm³/mol. The smallest absolute Gasteiger partial charge is 0.0823 e. The number of aliphatic hydroxyl groups excluding tert-OH is 1. The quantitative estimate of drug-likeness (QED) is 0.865. The summed E-state index contributed by atoms with van der Waals surface area (Å²) in [4.78, 5) is 0. The highest BCUT2D eigenvalue weighted by molar-refractivity contribution is 5.35. The number of hydrogen-bond acceptors (Lipinski definition) is 2. The third-order valence-electron chi connectivity index (χ3n) is 5.17. The van der Waals surface area contributed by atoms with E-state index in [9.17, 15) is 5.11 Å². The molecule has 2 fully saturated rings. The van der Waals surface area contributed by atoms with Crippen molar-refractivity contribution in [1.29, 1.82) is 0 Å². The van der Waals surface area contributed by atoms with E-state index in [1.807, 2.05) is 0 Å². The van der Waals surface area contributed by atoms with Gasteiger partial charge in [-0.1, -0.05) is 31.0 Å². The number of aliphatic hydroxyl groups is 1. The maximum absolute atomic E-state index is 10.6. The van der Waals surface area contributed by atoms with Crippen LogP contribution in [0.1, 0.15) is 48.5 Å². The van der Waals surface area contributed by atoms with Crippen molar-refractivity contribution in [2.75, 3.05) is 0 Å². The summed E-state index contributed by atoms with van der Waals surface area (Å²) in [7, 11) is 0. The van der Waals surface area contributed by atoms with Crippen LogP contribution < -0.4 is 0 Å². The van der Waals surface area contributed by atoms with Crippen LogP contribution in [0.4, 0.5) is 0 Å². The van der Waals surface area contributed by atoms with Crippen molar-refractivity contribution in [2.24, 2.45) is 17.8 Å². The van der Waals surface area contributed by atoms with Gasteiger partial charge in [-0.2, -0.15) is 0 Å². The van der Waals surface area contributed by atoms with Gasteiger partial charge in [-0.15, -0.1) is 0 Å². The van der Waals surface area contributed by atoms with Gasteiger partial charge in [-0.25, -0.2) is 0 Å². The fraction of sp³-hybridized carbons (Fsp3) is 0.625. The minimum atomic E-state index is -0.246. The number of ether oxygens (including phenoxy) is 1. The SMILES string of the molecule is OC(c1ccc2c(c1)COC2)C1C2CCCCC21. The van der Waals surface area contributed by atoms with E-state index in [-0.39, 0.29) is 6.10 Å². The minimum absolute atomic E-state index is 0.246. The van der Waals surface area contributed by atoms with Gasteiger partial charge < -0.3 is 9.84 Å². The Labute approximate surface area is 108 Å². The first-order chi connectivity index (χ1) is 8.84. The number of benzene rings is 1. The molecule has 1 N–H and O–H groups in total. The van der Waals surface area contributed by atoms with Gasteiger partial charge in [0.1, 0.15) is 0 Å². The fourth-order valence-corrected chi connectivity index (χ4v) is 4.11. The summed E-state index contributed by atoms with van der Waals surface area (Å²) in [5, 5.41) is 10.6. The average Bonchev–Trinajstić information content (AvgIpc) is 2.95. The van der Waals surface area contributed by atoms with Crippen LogP contribution >= 0.6 is 0 Å². The molecule has 2 aliphatic carbocycles. The molecule has 4 rings (SSSR count). The molecule has 18 heavy (non-hydrogen) atoms. The van der Waals surface area contributed by atoms with Crippen molar-refractivity contribution in [1.82, 2.24) is 0 Å². The predicted octanol–water partition coefficient (Wildman–Crippen LogP) is 3.19.